The molecule has 0 bridgehead atoms. The molecule has 2 N–H and O–H groups in total. The molecule has 1 aromatic carbocycles. The summed E-state index contributed by atoms with van der Waals surface area (Å²) in [5.41, 5.74) is 1.72. The second-order valence-electron chi connectivity index (χ2n) is 5.24. The third-order valence-corrected chi connectivity index (χ3v) is 3.77. The molecule has 1 aromatic rings. The minimum Gasteiger partial charge on any atom is -0.369 e. The van der Waals surface area contributed by atoms with Crippen molar-refractivity contribution >= 4 is 34.8 Å². The first kappa shape index (κ1) is 16.6. The molecule has 0 radical (unpaired) electrons. The maximum Gasteiger partial charge on any atom is 0.313 e. The van der Waals surface area contributed by atoms with Crippen molar-refractivity contribution in [2.45, 2.75) is 0 Å². The third-order valence-electron chi connectivity index (χ3n) is 3.58. The lowest BCUT2D eigenvalue weighted by molar-refractivity contribution is -0.136. The Morgan fingerprint density at radius 1 is 1.09 bits per heavy atom. The van der Waals surface area contributed by atoms with Gasteiger partial charge in [-0.2, -0.15) is 0 Å². The van der Waals surface area contributed by atoms with Gasteiger partial charge in [-0.25, -0.2) is 0 Å². The molecule has 0 spiro atoms. The molecule has 1 saturated heterocycles. The first-order valence-corrected chi connectivity index (χ1v) is 7.82. The quantitative estimate of drug-likeness (QED) is 0.633. The fourth-order valence-corrected chi connectivity index (χ4v) is 2.34. The molecule has 6 nitrogen and oxygen atoms in total. The fourth-order valence-electron chi connectivity index (χ4n) is 2.25. The van der Waals surface area contributed by atoms with E-state index in [1.54, 1.807) is 12.1 Å². The van der Waals surface area contributed by atoms with E-state index in [1.807, 2.05) is 12.1 Å². The Morgan fingerprint density at radius 2 is 1.73 bits per heavy atom. The van der Waals surface area contributed by atoms with Crippen molar-refractivity contribution in [3.63, 3.8) is 0 Å². The van der Waals surface area contributed by atoms with Crippen LogP contribution >= 0.6 is 11.6 Å². The van der Waals surface area contributed by atoms with E-state index in [9.17, 15) is 9.59 Å². The molecule has 0 saturated carbocycles. The molecule has 1 heterocycles. The van der Waals surface area contributed by atoms with Crippen LogP contribution in [0.25, 0.3) is 0 Å². The Bertz CT molecular complexity index is 513. The monoisotopic (exact) mass is 324 g/mol. The zero-order valence-corrected chi connectivity index (χ0v) is 13.4. The van der Waals surface area contributed by atoms with Crippen LogP contribution in [-0.4, -0.2) is 62.4 Å². The lowest BCUT2D eigenvalue weighted by Crippen LogP contribution is -2.44. The highest BCUT2D eigenvalue weighted by Gasteiger charge is 2.15. The van der Waals surface area contributed by atoms with Crippen molar-refractivity contribution in [2.75, 3.05) is 55.9 Å². The molecule has 1 aliphatic heterocycles. The lowest BCUT2D eigenvalue weighted by Gasteiger charge is -2.34. The average Bonchev–Trinajstić information content (AvgIpc) is 2.54. The summed E-state index contributed by atoms with van der Waals surface area (Å²) < 4.78 is 0. The van der Waals surface area contributed by atoms with E-state index in [-0.39, 0.29) is 12.4 Å². The standard InChI is InChI=1S/C15H21ClN4O2/c1-19-8-10-20(11-9-19)13-4-2-12(3-5-13)18-15(22)14(21)17-7-6-16/h2-5H,6-11H2,1H3,(H,17,21)(H,18,22). The summed E-state index contributed by atoms with van der Waals surface area (Å²) in [6.45, 7) is 4.33. The van der Waals surface area contributed by atoms with E-state index in [2.05, 4.69) is 27.5 Å². The summed E-state index contributed by atoms with van der Waals surface area (Å²) in [4.78, 5) is 27.7. The molecule has 2 rings (SSSR count). The van der Waals surface area contributed by atoms with Crippen LogP contribution in [0.2, 0.25) is 0 Å². The van der Waals surface area contributed by atoms with Crippen molar-refractivity contribution < 1.29 is 9.59 Å². The highest BCUT2D eigenvalue weighted by molar-refractivity contribution is 6.39. The highest BCUT2D eigenvalue weighted by atomic mass is 35.5. The Kier molecular flexibility index (Phi) is 6.03. The predicted octanol–water partition coefficient (Wildman–Crippen LogP) is 0.732. The van der Waals surface area contributed by atoms with E-state index < -0.39 is 11.8 Å². The normalized spacial score (nSPS) is 15.5. The third kappa shape index (κ3) is 4.61. The van der Waals surface area contributed by atoms with Gasteiger partial charge < -0.3 is 20.4 Å². The van der Waals surface area contributed by atoms with Crippen LogP contribution in [0, 0.1) is 0 Å². The Labute approximate surface area is 135 Å². The molecule has 0 unspecified atom stereocenters. The van der Waals surface area contributed by atoms with E-state index in [4.69, 9.17) is 11.6 Å². The number of anilines is 2. The van der Waals surface area contributed by atoms with Crippen molar-refractivity contribution in [3.05, 3.63) is 24.3 Å². The SMILES string of the molecule is CN1CCN(c2ccc(NC(=O)C(=O)NCCCl)cc2)CC1. The number of rotatable bonds is 4. The van der Waals surface area contributed by atoms with Gasteiger partial charge in [0.05, 0.1) is 0 Å². The number of halogens is 1. The summed E-state index contributed by atoms with van der Waals surface area (Å²) >= 11 is 5.46. The van der Waals surface area contributed by atoms with Gasteiger partial charge in [0.2, 0.25) is 0 Å². The number of carbonyl (C=O) groups is 2. The predicted molar refractivity (Wildman–Crippen MR) is 88.5 cm³/mol. The van der Waals surface area contributed by atoms with Crippen molar-refractivity contribution in [1.82, 2.24) is 10.2 Å². The lowest BCUT2D eigenvalue weighted by atomic mass is 10.2. The molecule has 1 aliphatic rings. The number of amides is 2. The van der Waals surface area contributed by atoms with Gasteiger partial charge in [-0.3, -0.25) is 9.59 Å². The molecule has 0 aliphatic carbocycles. The van der Waals surface area contributed by atoms with Crippen LogP contribution < -0.4 is 15.5 Å². The number of nitrogens with zero attached hydrogens (tertiary/aromatic N) is 2. The minimum absolute atomic E-state index is 0.274. The van der Waals surface area contributed by atoms with Gasteiger partial charge in [0.25, 0.3) is 0 Å². The van der Waals surface area contributed by atoms with Crippen LogP contribution in [0.5, 0.6) is 0 Å². The van der Waals surface area contributed by atoms with Gasteiger partial charge in [0, 0.05) is 50.0 Å². The van der Waals surface area contributed by atoms with E-state index in [0.717, 1.165) is 31.9 Å². The topological polar surface area (TPSA) is 64.7 Å². The Hall–Kier alpha value is -1.79. The van der Waals surface area contributed by atoms with Gasteiger partial charge in [0.1, 0.15) is 0 Å². The Morgan fingerprint density at radius 3 is 2.32 bits per heavy atom. The summed E-state index contributed by atoms with van der Waals surface area (Å²) in [5, 5.41) is 4.99. The van der Waals surface area contributed by atoms with Gasteiger partial charge in [0.15, 0.2) is 0 Å². The number of nitrogens with one attached hydrogen (secondary N) is 2. The molecule has 1 fully saturated rings. The molecular formula is C15H21ClN4O2. The second kappa shape index (κ2) is 8.00. The number of likely N-dealkylation sites (N-methyl/N-ethyl adjacent to an activating group) is 1. The average molecular weight is 325 g/mol. The van der Waals surface area contributed by atoms with Crippen LogP contribution in [-0.2, 0) is 9.59 Å². The Balaban J connectivity index is 1.89. The molecule has 0 aromatic heterocycles. The number of carbonyl (C=O) groups excluding carboxylic acids is 2. The van der Waals surface area contributed by atoms with E-state index >= 15 is 0 Å². The summed E-state index contributed by atoms with van der Waals surface area (Å²) in [6.07, 6.45) is 0. The van der Waals surface area contributed by atoms with Crippen molar-refractivity contribution in [1.29, 1.82) is 0 Å². The number of piperazine rings is 1. The summed E-state index contributed by atoms with van der Waals surface area (Å²) in [7, 11) is 2.12. The zero-order valence-electron chi connectivity index (χ0n) is 12.6. The maximum absolute atomic E-state index is 11.7. The summed E-state index contributed by atoms with van der Waals surface area (Å²) in [5.74, 6) is -1.08. The van der Waals surface area contributed by atoms with Gasteiger partial charge in [-0.05, 0) is 31.3 Å². The number of hydrogen-bond acceptors (Lipinski definition) is 4. The highest BCUT2D eigenvalue weighted by Crippen LogP contribution is 2.19. The number of hydrogen-bond donors (Lipinski definition) is 2. The van der Waals surface area contributed by atoms with Crippen LogP contribution in [0.15, 0.2) is 24.3 Å². The fraction of sp³-hybridized carbons (Fsp3) is 0.467. The van der Waals surface area contributed by atoms with Gasteiger partial charge in [-0.1, -0.05) is 0 Å². The van der Waals surface area contributed by atoms with Gasteiger partial charge in [-0.15, -0.1) is 11.6 Å². The first-order chi connectivity index (χ1) is 10.6. The van der Waals surface area contributed by atoms with Crippen LogP contribution in [0.1, 0.15) is 0 Å². The van der Waals surface area contributed by atoms with Gasteiger partial charge >= 0.3 is 11.8 Å². The van der Waals surface area contributed by atoms with Crippen LogP contribution in [0.3, 0.4) is 0 Å². The number of alkyl halides is 1. The first-order valence-electron chi connectivity index (χ1n) is 7.29. The minimum atomic E-state index is -0.683. The van der Waals surface area contributed by atoms with Crippen LogP contribution in [0.4, 0.5) is 11.4 Å². The molecule has 120 valence electrons. The van der Waals surface area contributed by atoms with Crippen molar-refractivity contribution in [3.8, 4) is 0 Å². The molecule has 22 heavy (non-hydrogen) atoms. The molecule has 0 atom stereocenters. The largest absolute Gasteiger partial charge is 0.369 e. The molecule has 2 amide bonds. The molecular weight excluding hydrogens is 304 g/mol. The molecule has 7 heteroatoms. The zero-order chi connectivity index (χ0) is 15.9. The second-order valence-corrected chi connectivity index (χ2v) is 5.61. The summed E-state index contributed by atoms with van der Waals surface area (Å²) in [6, 6.07) is 7.52. The van der Waals surface area contributed by atoms with E-state index in [0.29, 0.717) is 5.69 Å². The van der Waals surface area contributed by atoms with E-state index in [1.165, 1.54) is 0 Å². The van der Waals surface area contributed by atoms with Crippen molar-refractivity contribution in [2.24, 2.45) is 0 Å². The number of benzene rings is 1. The maximum atomic E-state index is 11.7. The smallest absolute Gasteiger partial charge is 0.313 e.